The van der Waals surface area contributed by atoms with E-state index in [1.54, 1.807) is 0 Å². The summed E-state index contributed by atoms with van der Waals surface area (Å²) >= 11 is 6.16. The molecule has 0 aromatic heterocycles. The van der Waals surface area contributed by atoms with E-state index in [1.165, 1.54) is 16.7 Å². The number of rotatable bonds is 3. The zero-order valence-corrected chi connectivity index (χ0v) is 12.7. The number of hydrogen-bond acceptors (Lipinski definition) is 1. The van der Waals surface area contributed by atoms with Crippen molar-refractivity contribution in [2.75, 3.05) is 5.32 Å². The maximum Gasteiger partial charge on any atom is 0.0488 e. The highest BCUT2D eigenvalue weighted by Gasteiger charge is 2.09. The third-order valence-corrected chi connectivity index (χ3v) is 3.86. The van der Waals surface area contributed by atoms with Crippen LogP contribution in [0.2, 0.25) is 5.02 Å². The topological polar surface area (TPSA) is 12.0 Å². The molecule has 2 rings (SSSR count). The lowest BCUT2D eigenvalue weighted by atomic mass is 10.00. The molecule has 0 amide bonds. The second-order valence-corrected chi connectivity index (χ2v) is 5.60. The van der Waals surface area contributed by atoms with Gasteiger partial charge in [-0.15, -0.1) is 0 Å². The van der Waals surface area contributed by atoms with E-state index in [-0.39, 0.29) is 6.04 Å². The van der Waals surface area contributed by atoms with Crippen molar-refractivity contribution in [3.63, 3.8) is 0 Å². The smallest absolute Gasteiger partial charge is 0.0488 e. The molecule has 0 saturated heterocycles. The summed E-state index contributed by atoms with van der Waals surface area (Å²) in [5, 5.41) is 4.31. The number of aryl methyl sites for hydroxylation is 3. The van der Waals surface area contributed by atoms with Crippen LogP contribution in [-0.4, -0.2) is 0 Å². The Balaban J connectivity index is 2.22. The summed E-state index contributed by atoms with van der Waals surface area (Å²) in [5.41, 5.74) is 6.09. The molecule has 0 aliphatic rings. The van der Waals surface area contributed by atoms with Gasteiger partial charge in [0, 0.05) is 16.8 Å². The lowest BCUT2D eigenvalue weighted by Crippen LogP contribution is -2.08. The Labute approximate surface area is 120 Å². The Hall–Kier alpha value is -1.47. The van der Waals surface area contributed by atoms with Gasteiger partial charge >= 0.3 is 0 Å². The van der Waals surface area contributed by atoms with E-state index in [0.29, 0.717) is 0 Å². The first kappa shape index (κ1) is 14.0. The number of benzene rings is 2. The van der Waals surface area contributed by atoms with E-state index >= 15 is 0 Å². The molecule has 2 aromatic carbocycles. The highest BCUT2D eigenvalue weighted by atomic mass is 35.5. The predicted molar refractivity (Wildman–Crippen MR) is 84.1 cm³/mol. The summed E-state index contributed by atoms with van der Waals surface area (Å²) in [7, 11) is 0. The maximum absolute atomic E-state index is 6.16. The van der Waals surface area contributed by atoms with Crippen LogP contribution in [0, 0.1) is 20.8 Å². The van der Waals surface area contributed by atoms with Crippen LogP contribution in [0.3, 0.4) is 0 Å². The highest BCUT2D eigenvalue weighted by Crippen LogP contribution is 2.26. The maximum atomic E-state index is 6.16. The van der Waals surface area contributed by atoms with Crippen molar-refractivity contribution in [1.29, 1.82) is 0 Å². The molecule has 0 aliphatic heterocycles. The van der Waals surface area contributed by atoms with Crippen LogP contribution in [0.15, 0.2) is 36.4 Å². The predicted octanol–water partition coefficient (Wildman–Crippen LogP) is 5.44. The molecule has 0 spiro atoms. The van der Waals surface area contributed by atoms with Gasteiger partial charge in [-0.2, -0.15) is 0 Å². The number of hydrogen-bond donors (Lipinski definition) is 1. The number of halogens is 1. The molecule has 2 heteroatoms. The van der Waals surface area contributed by atoms with E-state index in [0.717, 1.165) is 16.3 Å². The molecule has 2 aromatic rings. The molecule has 0 heterocycles. The quantitative estimate of drug-likeness (QED) is 0.785. The largest absolute Gasteiger partial charge is 0.378 e. The number of anilines is 1. The van der Waals surface area contributed by atoms with Crippen LogP contribution in [0.4, 0.5) is 5.69 Å². The van der Waals surface area contributed by atoms with Crippen LogP contribution in [0.25, 0.3) is 0 Å². The zero-order valence-electron chi connectivity index (χ0n) is 11.9. The average molecular weight is 274 g/mol. The lowest BCUT2D eigenvalue weighted by molar-refractivity contribution is 0.872. The van der Waals surface area contributed by atoms with Gasteiger partial charge in [0.2, 0.25) is 0 Å². The zero-order chi connectivity index (χ0) is 14.0. The SMILES string of the molecule is Cc1ccc(C)c(C(C)Nc2ccc(C)c(Cl)c2)c1. The highest BCUT2D eigenvalue weighted by molar-refractivity contribution is 6.31. The van der Waals surface area contributed by atoms with Crippen molar-refractivity contribution in [3.8, 4) is 0 Å². The summed E-state index contributed by atoms with van der Waals surface area (Å²) in [5.74, 6) is 0. The van der Waals surface area contributed by atoms with Crippen molar-refractivity contribution in [2.24, 2.45) is 0 Å². The molecule has 0 fully saturated rings. The van der Waals surface area contributed by atoms with Crippen molar-refractivity contribution < 1.29 is 0 Å². The molecule has 0 bridgehead atoms. The van der Waals surface area contributed by atoms with E-state index in [2.05, 4.69) is 50.4 Å². The minimum absolute atomic E-state index is 0.263. The minimum Gasteiger partial charge on any atom is -0.378 e. The Morgan fingerprint density at radius 2 is 1.63 bits per heavy atom. The van der Waals surface area contributed by atoms with Crippen molar-refractivity contribution in [1.82, 2.24) is 0 Å². The van der Waals surface area contributed by atoms with Crippen LogP contribution >= 0.6 is 11.6 Å². The molecule has 0 radical (unpaired) electrons. The van der Waals surface area contributed by atoms with Crippen molar-refractivity contribution >= 4 is 17.3 Å². The standard InChI is InChI=1S/C17H20ClN/c1-11-5-6-12(2)16(9-11)14(4)19-15-8-7-13(3)17(18)10-15/h5-10,14,19H,1-4H3. The number of nitrogens with one attached hydrogen (secondary N) is 1. The molecule has 100 valence electrons. The Kier molecular flexibility index (Phi) is 4.16. The van der Waals surface area contributed by atoms with Gasteiger partial charge in [0.15, 0.2) is 0 Å². The van der Waals surface area contributed by atoms with Crippen molar-refractivity contribution in [3.05, 3.63) is 63.7 Å². The van der Waals surface area contributed by atoms with Gasteiger partial charge < -0.3 is 5.32 Å². The summed E-state index contributed by atoms with van der Waals surface area (Å²) in [6.45, 7) is 8.46. The second-order valence-electron chi connectivity index (χ2n) is 5.19. The first-order chi connectivity index (χ1) is 8.97. The summed E-state index contributed by atoms with van der Waals surface area (Å²) in [6.07, 6.45) is 0. The first-order valence-corrected chi connectivity index (χ1v) is 6.95. The summed E-state index contributed by atoms with van der Waals surface area (Å²) in [4.78, 5) is 0. The second kappa shape index (κ2) is 5.66. The molecule has 19 heavy (non-hydrogen) atoms. The normalized spacial score (nSPS) is 12.3. The Morgan fingerprint density at radius 1 is 0.947 bits per heavy atom. The van der Waals surface area contributed by atoms with Crippen LogP contribution in [0.5, 0.6) is 0 Å². The van der Waals surface area contributed by atoms with Gasteiger partial charge in [-0.25, -0.2) is 0 Å². The Bertz CT molecular complexity index is 590. The van der Waals surface area contributed by atoms with E-state index in [9.17, 15) is 0 Å². The van der Waals surface area contributed by atoms with E-state index in [4.69, 9.17) is 11.6 Å². The monoisotopic (exact) mass is 273 g/mol. The molecular weight excluding hydrogens is 254 g/mol. The van der Waals surface area contributed by atoms with E-state index < -0.39 is 0 Å². The van der Waals surface area contributed by atoms with Gasteiger partial charge in [0.05, 0.1) is 0 Å². The van der Waals surface area contributed by atoms with Gasteiger partial charge in [-0.3, -0.25) is 0 Å². The lowest BCUT2D eigenvalue weighted by Gasteiger charge is -2.19. The third-order valence-electron chi connectivity index (χ3n) is 3.46. The molecular formula is C17H20ClN. The average Bonchev–Trinajstić information content (AvgIpc) is 2.36. The Morgan fingerprint density at radius 3 is 2.32 bits per heavy atom. The molecule has 1 N–H and O–H groups in total. The third kappa shape index (κ3) is 3.30. The summed E-state index contributed by atoms with van der Waals surface area (Å²) in [6, 6.07) is 12.9. The fourth-order valence-corrected chi connectivity index (χ4v) is 2.42. The fourth-order valence-electron chi connectivity index (χ4n) is 2.24. The van der Waals surface area contributed by atoms with Gasteiger partial charge in [-0.05, 0) is 56.5 Å². The molecule has 1 unspecified atom stereocenters. The van der Waals surface area contributed by atoms with Crippen LogP contribution in [0.1, 0.15) is 35.2 Å². The van der Waals surface area contributed by atoms with Gasteiger partial charge in [-0.1, -0.05) is 41.4 Å². The molecule has 1 atom stereocenters. The minimum atomic E-state index is 0.263. The fraction of sp³-hybridized carbons (Fsp3) is 0.294. The summed E-state index contributed by atoms with van der Waals surface area (Å²) < 4.78 is 0. The van der Waals surface area contributed by atoms with Crippen LogP contribution in [-0.2, 0) is 0 Å². The van der Waals surface area contributed by atoms with Crippen molar-refractivity contribution in [2.45, 2.75) is 33.7 Å². The molecule has 0 aliphatic carbocycles. The van der Waals surface area contributed by atoms with Gasteiger partial charge in [0.25, 0.3) is 0 Å². The molecule has 1 nitrogen and oxygen atoms in total. The van der Waals surface area contributed by atoms with Gasteiger partial charge in [0.1, 0.15) is 0 Å². The van der Waals surface area contributed by atoms with Crippen LogP contribution < -0.4 is 5.32 Å². The molecule has 0 saturated carbocycles. The first-order valence-electron chi connectivity index (χ1n) is 6.57. The van der Waals surface area contributed by atoms with E-state index in [1.807, 2.05) is 19.1 Å².